The maximum Gasteiger partial charge on any atom is 0.113 e. The van der Waals surface area contributed by atoms with Gasteiger partial charge in [-0.05, 0) is 12.0 Å². The van der Waals surface area contributed by atoms with E-state index in [4.69, 9.17) is 20.4 Å². The van der Waals surface area contributed by atoms with E-state index in [1.54, 1.807) is 13.2 Å². The molecule has 0 amide bonds. The highest BCUT2D eigenvalue weighted by Crippen LogP contribution is 1.95. The fraction of sp³-hybridized carbons (Fsp3) is 0.333. The monoisotopic (exact) mass is 156 g/mol. The Bertz CT molecular complexity index is 240. The minimum absolute atomic E-state index is 0.697. The third-order valence-corrected chi connectivity index (χ3v) is 1.63. The largest absolute Gasteiger partial charge is 0.384 e. The van der Waals surface area contributed by atoms with E-state index in [-0.39, 0.29) is 0 Å². The first-order valence-electron chi connectivity index (χ1n) is 3.86. The van der Waals surface area contributed by atoms with Crippen LogP contribution in [0.5, 0.6) is 0 Å². The zero-order chi connectivity index (χ0) is 8.97. The molecule has 4 radical (unpaired) electrons. The third kappa shape index (κ3) is 2.74. The molecule has 0 saturated carbocycles. The molecular weight excluding hydrogens is 146 g/mol. The van der Waals surface area contributed by atoms with Gasteiger partial charge in [0.1, 0.15) is 15.7 Å². The molecule has 12 heavy (non-hydrogen) atoms. The summed E-state index contributed by atoms with van der Waals surface area (Å²) in [5.74, 6) is 0. The van der Waals surface area contributed by atoms with E-state index in [9.17, 15) is 0 Å². The lowest BCUT2D eigenvalue weighted by Crippen LogP contribution is -2.15. The van der Waals surface area contributed by atoms with Crippen LogP contribution < -0.4 is 10.9 Å². The van der Waals surface area contributed by atoms with Crippen molar-refractivity contribution in [1.82, 2.24) is 0 Å². The van der Waals surface area contributed by atoms with Crippen molar-refractivity contribution in [3.63, 3.8) is 0 Å². The smallest absolute Gasteiger partial charge is 0.113 e. The number of ether oxygens (including phenoxy) is 1. The van der Waals surface area contributed by atoms with Crippen LogP contribution in [0.15, 0.2) is 18.2 Å². The van der Waals surface area contributed by atoms with Crippen molar-refractivity contribution in [2.24, 2.45) is 0 Å². The van der Waals surface area contributed by atoms with Gasteiger partial charge in [-0.2, -0.15) is 0 Å². The van der Waals surface area contributed by atoms with E-state index >= 15 is 0 Å². The van der Waals surface area contributed by atoms with Crippen molar-refractivity contribution in [2.75, 3.05) is 13.7 Å². The van der Waals surface area contributed by atoms with Gasteiger partial charge in [0.2, 0.25) is 0 Å². The van der Waals surface area contributed by atoms with Crippen molar-refractivity contribution in [3.8, 4) is 0 Å². The Kier molecular flexibility index (Phi) is 3.42. The van der Waals surface area contributed by atoms with Gasteiger partial charge < -0.3 is 4.74 Å². The van der Waals surface area contributed by atoms with Gasteiger partial charge >= 0.3 is 0 Å². The van der Waals surface area contributed by atoms with Gasteiger partial charge in [0, 0.05) is 7.11 Å². The Labute approximate surface area is 75.9 Å². The number of hydrogen-bond acceptors (Lipinski definition) is 1. The highest BCUT2D eigenvalue weighted by Gasteiger charge is 1.94. The first kappa shape index (κ1) is 9.40. The number of benzene rings is 1. The summed E-state index contributed by atoms with van der Waals surface area (Å²) in [5, 5.41) is 0. The van der Waals surface area contributed by atoms with Gasteiger partial charge in [-0.25, -0.2) is 0 Å². The molecule has 0 bridgehead atoms. The summed E-state index contributed by atoms with van der Waals surface area (Å²) in [6.07, 6.45) is 0.853. The van der Waals surface area contributed by atoms with Crippen LogP contribution in [0.1, 0.15) is 5.56 Å². The lowest BCUT2D eigenvalue weighted by molar-refractivity contribution is 0.202. The van der Waals surface area contributed by atoms with Crippen LogP contribution in [0.3, 0.4) is 0 Å². The molecule has 0 N–H and O–H groups in total. The summed E-state index contributed by atoms with van der Waals surface area (Å²) in [5.41, 5.74) is 2.54. The fourth-order valence-electron chi connectivity index (χ4n) is 1.11. The summed E-state index contributed by atoms with van der Waals surface area (Å²) in [6.45, 7) is 0.697. The normalized spacial score (nSPS) is 10.1. The summed E-state index contributed by atoms with van der Waals surface area (Å²) in [4.78, 5) is 0. The van der Waals surface area contributed by atoms with E-state index in [1.165, 1.54) is 0 Å². The van der Waals surface area contributed by atoms with E-state index in [1.807, 2.05) is 12.1 Å². The average molecular weight is 156 g/mol. The molecule has 1 nitrogen and oxygen atoms in total. The molecule has 0 heterocycles. The second-order valence-corrected chi connectivity index (χ2v) is 2.75. The Hall–Kier alpha value is -0.690. The highest BCUT2D eigenvalue weighted by molar-refractivity contribution is 6.37. The molecule has 0 saturated heterocycles. The van der Waals surface area contributed by atoms with Crippen molar-refractivity contribution >= 4 is 26.6 Å². The van der Waals surface area contributed by atoms with Gasteiger partial charge in [-0.1, -0.05) is 29.1 Å². The van der Waals surface area contributed by atoms with Crippen LogP contribution in [0, 0.1) is 0 Å². The number of methoxy groups -OCH3 is 1. The molecule has 0 atom stereocenters. The Morgan fingerprint density at radius 1 is 1.17 bits per heavy atom. The topological polar surface area (TPSA) is 9.23 Å². The van der Waals surface area contributed by atoms with Crippen molar-refractivity contribution in [3.05, 3.63) is 23.8 Å². The van der Waals surface area contributed by atoms with Crippen LogP contribution >= 0.6 is 0 Å². The summed E-state index contributed by atoms with van der Waals surface area (Å²) < 4.78 is 4.94. The molecule has 0 aromatic heterocycles. The number of rotatable bonds is 3. The van der Waals surface area contributed by atoms with Gasteiger partial charge in [0.25, 0.3) is 0 Å². The third-order valence-electron chi connectivity index (χ3n) is 1.63. The summed E-state index contributed by atoms with van der Waals surface area (Å²) >= 11 is 0. The molecule has 0 aliphatic heterocycles. The maximum atomic E-state index is 5.61. The molecule has 58 valence electrons. The zero-order valence-electron chi connectivity index (χ0n) is 7.21. The molecular formula is C9H10B2O. The van der Waals surface area contributed by atoms with E-state index in [0.29, 0.717) is 17.5 Å². The first-order chi connectivity index (χ1) is 5.72. The van der Waals surface area contributed by atoms with Gasteiger partial charge in [-0.3, -0.25) is 0 Å². The van der Waals surface area contributed by atoms with E-state index < -0.39 is 0 Å². The minimum Gasteiger partial charge on any atom is -0.384 e. The predicted molar refractivity (Wildman–Crippen MR) is 52.8 cm³/mol. The molecule has 0 fully saturated rings. The minimum atomic E-state index is 0.697. The lowest BCUT2D eigenvalue weighted by atomic mass is 9.85. The molecule has 1 rings (SSSR count). The quantitative estimate of drug-likeness (QED) is 0.534. The molecule has 0 aliphatic carbocycles. The lowest BCUT2D eigenvalue weighted by Gasteiger charge is -2.04. The number of hydrogen-bond donors (Lipinski definition) is 0. The van der Waals surface area contributed by atoms with Gasteiger partial charge in [-0.15, -0.1) is 0 Å². The van der Waals surface area contributed by atoms with E-state index in [2.05, 4.69) is 0 Å². The Morgan fingerprint density at radius 2 is 1.75 bits per heavy atom. The maximum absolute atomic E-state index is 5.61. The van der Waals surface area contributed by atoms with Crippen LogP contribution in [-0.2, 0) is 11.2 Å². The average Bonchev–Trinajstić information content (AvgIpc) is 1.99. The van der Waals surface area contributed by atoms with Crippen LogP contribution in [-0.4, -0.2) is 29.4 Å². The summed E-state index contributed by atoms with van der Waals surface area (Å²) in [6, 6.07) is 5.57. The first-order valence-corrected chi connectivity index (χ1v) is 3.86. The SMILES string of the molecule is [B]c1cc([B])cc(CCOC)c1. The Balaban J connectivity index is 2.72. The molecule has 1 aromatic carbocycles. The molecule has 3 heteroatoms. The highest BCUT2D eigenvalue weighted by atomic mass is 16.5. The Morgan fingerprint density at radius 3 is 2.25 bits per heavy atom. The van der Waals surface area contributed by atoms with Crippen molar-refractivity contribution in [2.45, 2.75) is 6.42 Å². The van der Waals surface area contributed by atoms with Crippen molar-refractivity contribution < 1.29 is 4.74 Å². The standard InChI is InChI=1S/C9H10B2O/c1-12-3-2-7-4-8(10)6-9(11)5-7/h4-6H,2-3H2,1H3. The van der Waals surface area contributed by atoms with E-state index in [0.717, 1.165) is 12.0 Å². The van der Waals surface area contributed by atoms with Crippen LogP contribution in [0.4, 0.5) is 0 Å². The zero-order valence-corrected chi connectivity index (χ0v) is 7.21. The molecule has 0 unspecified atom stereocenters. The predicted octanol–water partition coefficient (Wildman–Crippen LogP) is -0.537. The van der Waals surface area contributed by atoms with Crippen LogP contribution in [0.2, 0.25) is 0 Å². The van der Waals surface area contributed by atoms with Gasteiger partial charge in [0.15, 0.2) is 0 Å². The van der Waals surface area contributed by atoms with Gasteiger partial charge in [0.05, 0.1) is 6.61 Å². The van der Waals surface area contributed by atoms with Crippen molar-refractivity contribution in [1.29, 1.82) is 0 Å². The molecule has 0 aliphatic rings. The second kappa shape index (κ2) is 4.36. The molecule has 1 aromatic rings. The van der Waals surface area contributed by atoms with Crippen LogP contribution in [0.25, 0.3) is 0 Å². The fourth-order valence-corrected chi connectivity index (χ4v) is 1.11. The second-order valence-electron chi connectivity index (χ2n) is 2.75. The summed E-state index contributed by atoms with van der Waals surface area (Å²) in [7, 11) is 12.9. The molecule has 0 spiro atoms.